The highest BCUT2D eigenvalue weighted by Crippen LogP contribution is 2.25. The maximum atomic E-state index is 5.79. The van der Waals surface area contributed by atoms with Crippen LogP contribution in [0.25, 0.3) is 0 Å². The van der Waals surface area contributed by atoms with E-state index in [0.29, 0.717) is 6.61 Å². The average molecular weight is 353 g/mol. The molecule has 2 aromatic rings. The Morgan fingerprint density at radius 2 is 2.29 bits per heavy atom. The van der Waals surface area contributed by atoms with Crippen LogP contribution in [0.15, 0.2) is 34.9 Å². The van der Waals surface area contributed by atoms with Crippen LogP contribution in [0.1, 0.15) is 30.6 Å². The predicted molar refractivity (Wildman–Crippen MR) is 87.0 cm³/mol. The highest BCUT2D eigenvalue weighted by atomic mass is 79.9. The van der Waals surface area contributed by atoms with Gasteiger partial charge in [-0.1, -0.05) is 12.1 Å². The van der Waals surface area contributed by atoms with Crippen molar-refractivity contribution < 1.29 is 4.74 Å². The predicted octanol–water partition coefficient (Wildman–Crippen LogP) is 2.95. The van der Waals surface area contributed by atoms with Crippen LogP contribution < -0.4 is 16.0 Å². The lowest BCUT2D eigenvalue weighted by Gasteiger charge is -2.18. The number of nitrogens with one attached hydrogen (secondary N) is 1. The zero-order valence-electron chi connectivity index (χ0n) is 12.3. The smallest absolute Gasteiger partial charge is 0.119 e. The van der Waals surface area contributed by atoms with Crippen molar-refractivity contribution in [1.29, 1.82) is 0 Å². The summed E-state index contributed by atoms with van der Waals surface area (Å²) in [5.74, 6) is 6.58. The summed E-state index contributed by atoms with van der Waals surface area (Å²) in [4.78, 5) is 0. The molecule has 0 saturated carbocycles. The molecule has 114 valence electrons. The second kappa shape index (κ2) is 7.59. The zero-order valence-corrected chi connectivity index (χ0v) is 13.9. The first-order chi connectivity index (χ1) is 10.2. The SMILES string of the molecule is CCn1ncc(Br)c1C(CCOc1cccc(C)c1)NN. The number of hydrazine groups is 1. The molecule has 0 spiro atoms. The van der Waals surface area contributed by atoms with E-state index < -0.39 is 0 Å². The monoisotopic (exact) mass is 352 g/mol. The lowest BCUT2D eigenvalue weighted by Crippen LogP contribution is -2.31. The van der Waals surface area contributed by atoms with Crippen molar-refractivity contribution in [3.8, 4) is 5.75 Å². The largest absolute Gasteiger partial charge is 0.494 e. The van der Waals surface area contributed by atoms with Gasteiger partial charge in [0.15, 0.2) is 0 Å². The van der Waals surface area contributed by atoms with Gasteiger partial charge in [0, 0.05) is 13.0 Å². The van der Waals surface area contributed by atoms with Crippen molar-refractivity contribution in [3.63, 3.8) is 0 Å². The normalized spacial score (nSPS) is 12.4. The number of nitrogens with two attached hydrogens (primary N) is 1. The molecule has 0 aliphatic rings. The van der Waals surface area contributed by atoms with Gasteiger partial charge in [-0.05, 0) is 47.5 Å². The molecular formula is C15H21BrN4O. The van der Waals surface area contributed by atoms with E-state index in [4.69, 9.17) is 10.6 Å². The molecule has 0 saturated heterocycles. The fourth-order valence-electron chi connectivity index (χ4n) is 2.27. The molecule has 1 aromatic carbocycles. The minimum atomic E-state index is -0.00775. The number of benzene rings is 1. The van der Waals surface area contributed by atoms with Crippen LogP contribution in [0, 0.1) is 6.92 Å². The number of hydrogen-bond acceptors (Lipinski definition) is 4. The molecule has 1 heterocycles. The van der Waals surface area contributed by atoms with Crippen LogP contribution in [-0.4, -0.2) is 16.4 Å². The van der Waals surface area contributed by atoms with Crippen molar-refractivity contribution >= 4 is 15.9 Å². The Morgan fingerprint density at radius 1 is 1.48 bits per heavy atom. The van der Waals surface area contributed by atoms with E-state index in [9.17, 15) is 0 Å². The van der Waals surface area contributed by atoms with Gasteiger partial charge in [0.1, 0.15) is 5.75 Å². The second-order valence-corrected chi connectivity index (χ2v) is 5.72. The summed E-state index contributed by atoms with van der Waals surface area (Å²) in [5, 5.41) is 4.31. The van der Waals surface area contributed by atoms with Crippen LogP contribution in [0.2, 0.25) is 0 Å². The fourth-order valence-corrected chi connectivity index (χ4v) is 2.84. The molecule has 3 N–H and O–H groups in total. The van der Waals surface area contributed by atoms with Crippen LogP contribution in [0.3, 0.4) is 0 Å². The Hall–Kier alpha value is -1.37. The molecule has 2 rings (SSSR count). The molecule has 1 unspecified atom stereocenters. The maximum Gasteiger partial charge on any atom is 0.119 e. The molecule has 0 bridgehead atoms. The van der Waals surface area contributed by atoms with Gasteiger partial charge in [-0.2, -0.15) is 5.10 Å². The molecule has 0 radical (unpaired) electrons. The second-order valence-electron chi connectivity index (χ2n) is 4.87. The summed E-state index contributed by atoms with van der Waals surface area (Å²) in [6.07, 6.45) is 2.55. The molecule has 0 aliphatic carbocycles. The van der Waals surface area contributed by atoms with Crippen LogP contribution in [0.5, 0.6) is 5.75 Å². The molecule has 0 amide bonds. The summed E-state index contributed by atoms with van der Waals surface area (Å²) < 4.78 is 8.68. The number of nitrogens with zero attached hydrogens (tertiary/aromatic N) is 2. The Kier molecular flexibility index (Phi) is 5.78. The molecular weight excluding hydrogens is 332 g/mol. The highest BCUT2D eigenvalue weighted by molar-refractivity contribution is 9.10. The molecule has 0 aliphatic heterocycles. The number of aromatic nitrogens is 2. The quantitative estimate of drug-likeness (QED) is 0.593. The Balaban J connectivity index is 1.98. The molecule has 21 heavy (non-hydrogen) atoms. The van der Waals surface area contributed by atoms with Gasteiger partial charge in [0.2, 0.25) is 0 Å². The van der Waals surface area contributed by atoms with E-state index in [2.05, 4.69) is 33.4 Å². The van der Waals surface area contributed by atoms with Crippen molar-refractivity contribution in [1.82, 2.24) is 15.2 Å². The third-order valence-corrected chi connectivity index (χ3v) is 3.94. The van der Waals surface area contributed by atoms with E-state index in [1.54, 1.807) is 6.20 Å². The lowest BCUT2D eigenvalue weighted by molar-refractivity contribution is 0.282. The standard InChI is InChI=1S/C15H21BrN4O/c1-3-20-15(13(16)10-18-20)14(19-17)7-8-21-12-6-4-5-11(2)9-12/h4-6,9-10,14,19H,3,7-8,17H2,1-2H3. The highest BCUT2D eigenvalue weighted by Gasteiger charge is 2.18. The van der Waals surface area contributed by atoms with Crippen LogP contribution in [0.4, 0.5) is 0 Å². The molecule has 0 fully saturated rings. The van der Waals surface area contributed by atoms with Crippen molar-refractivity contribution in [3.05, 3.63) is 46.2 Å². The first-order valence-electron chi connectivity index (χ1n) is 7.02. The molecule has 1 atom stereocenters. The summed E-state index contributed by atoms with van der Waals surface area (Å²) in [6.45, 7) is 5.49. The number of hydrogen-bond donors (Lipinski definition) is 2. The average Bonchev–Trinajstić information content (AvgIpc) is 2.85. The summed E-state index contributed by atoms with van der Waals surface area (Å²) >= 11 is 3.53. The van der Waals surface area contributed by atoms with Gasteiger partial charge in [0.25, 0.3) is 0 Å². The van der Waals surface area contributed by atoms with Crippen molar-refractivity contribution in [2.24, 2.45) is 5.84 Å². The maximum absolute atomic E-state index is 5.79. The first kappa shape index (κ1) is 16.0. The number of rotatable bonds is 7. The molecule has 5 nitrogen and oxygen atoms in total. The summed E-state index contributed by atoms with van der Waals surface area (Å²) in [7, 11) is 0. The molecule has 1 aromatic heterocycles. The molecule has 6 heteroatoms. The van der Waals surface area contributed by atoms with E-state index in [-0.39, 0.29) is 6.04 Å². The van der Waals surface area contributed by atoms with E-state index in [0.717, 1.165) is 28.9 Å². The van der Waals surface area contributed by atoms with Crippen LogP contribution in [-0.2, 0) is 6.54 Å². The topological polar surface area (TPSA) is 65.1 Å². The lowest BCUT2D eigenvalue weighted by atomic mass is 10.1. The Morgan fingerprint density at radius 3 is 2.95 bits per heavy atom. The summed E-state index contributed by atoms with van der Waals surface area (Å²) in [6, 6.07) is 8.02. The number of halogens is 1. The third kappa shape index (κ3) is 4.06. The minimum absolute atomic E-state index is 0.00775. The first-order valence-corrected chi connectivity index (χ1v) is 7.81. The zero-order chi connectivity index (χ0) is 15.2. The third-order valence-electron chi connectivity index (χ3n) is 3.33. The van der Waals surface area contributed by atoms with Gasteiger partial charge < -0.3 is 4.74 Å². The van der Waals surface area contributed by atoms with E-state index in [1.165, 1.54) is 5.56 Å². The Bertz CT molecular complexity index is 585. The van der Waals surface area contributed by atoms with Crippen molar-refractivity contribution in [2.45, 2.75) is 32.9 Å². The minimum Gasteiger partial charge on any atom is -0.494 e. The number of aryl methyl sites for hydroxylation is 2. The number of ether oxygens (including phenoxy) is 1. The van der Waals surface area contributed by atoms with Gasteiger partial charge in [-0.3, -0.25) is 16.0 Å². The van der Waals surface area contributed by atoms with Crippen LogP contribution >= 0.6 is 15.9 Å². The Labute approximate surface area is 133 Å². The van der Waals surface area contributed by atoms with Gasteiger partial charge in [-0.25, -0.2) is 0 Å². The fraction of sp³-hybridized carbons (Fsp3) is 0.400. The van der Waals surface area contributed by atoms with Gasteiger partial charge >= 0.3 is 0 Å². The summed E-state index contributed by atoms with van der Waals surface area (Å²) in [5.41, 5.74) is 5.08. The van der Waals surface area contributed by atoms with Crippen molar-refractivity contribution in [2.75, 3.05) is 6.61 Å². The van der Waals surface area contributed by atoms with Gasteiger partial charge in [0.05, 0.1) is 29.0 Å². The van der Waals surface area contributed by atoms with E-state index in [1.807, 2.05) is 35.9 Å². The van der Waals surface area contributed by atoms with Gasteiger partial charge in [-0.15, -0.1) is 0 Å². The van der Waals surface area contributed by atoms with E-state index >= 15 is 0 Å².